The van der Waals surface area contributed by atoms with Gasteiger partial charge in [-0.15, -0.1) is 3.89 Å². The number of nitrogens with zero attached hydrogens (tertiary/aromatic N) is 1. The van der Waals surface area contributed by atoms with Gasteiger partial charge >= 0.3 is 10.2 Å². The summed E-state index contributed by atoms with van der Waals surface area (Å²) in [6, 6.07) is 6.61. The highest BCUT2D eigenvalue weighted by molar-refractivity contribution is 7.86. The number of halogens is 1. The molecule has 0 aliphatic heterocycles. The Bertz CT molecular complexity index is 575. The first-order chi connectivity index (χ1) is 6.59. The topological polar surface area (TPSA) is 47.0 Å². The van der Waals surface area contributed by atoms with Crippen LogP contribution in [0.4, 0.5) is 3.89 Å². The number of pyridine rings is 1. The molecular formula is C9H6FNO2S. The molecule has 3 nitrogen and oxygen atoms in total. The van der Waals surface area contributed by atoms with Crippen LogP contribution in [0.15, 0.2) is 41.6 Å². The molecule has 0 unspecified atom stereocenters. The Morgan fingerprint density at radius 1 is 1.14 bits per heavy atom. The van der Waals surface area contributed by atoms with Crippen LogP contribution in [0.25, 0.3) is 10.8 Å². The van der Waals surface area contributed by atoms with Crippen molar-refractivity contribution in [3.63, 3.8) is 0 Å². The summed E-state index contributed by atoms with van der Waals surface area (Å²) in [6.07, 6.45) is 2.50. The van der Waals surface area contributed by atoms with E-state index in [4.69, 9.17) is 0 Å². The van der Waals surface area contributed by atoms with Crippen LogP contribution in [-0.2, 0) is 10.2 Å². The predicted octanol–water partition coefficient (Wildman–Crippen LogP) is 1.89. The number of aromatic nitrogens is 1. The van der Waals surface area contributed by atoms with Crippen molar-refractivity contribution in [1.82, 2.24) is 4.98 Å². The minimum atomic E-state index is -4.69. The lowest BCUT2D eigenvalue weighted by atomic mass is 10.2. The molecule has 5 heteroatoms. The smallest absolute Gasteiger partial charge is 0.263 e. The summed E-state index contributed by atoms with van der Waals surface area (Å²) in [4.78, 5) is 3.28. The molecule has 0 atom stereocenters. The minimum Gasteiger partial charge on any atom is -0.263 e. The van der Waals surface area contributed by atoms with Gasteiger partial charge in [0.2, 0.25) is 0 Å². The highest BCUT2D eigenvalue weighted by atomic mass is 32.3. The standard InChI is InChI=1S/C9H6FNO2S/c10-14(12,13)9-6-11-5-7-3-1-2-4-8(7)9/h1-6H. The van der Waals surface area contributed by atoms with Crippen LogP contribution in [0.5, 0.6) is 0 Å². The first-order valence-corrected chi connectivity index (χ1v) is 5.25. The van der Waals surface area contributed by atoms with E-state index in [1.165, 1.54) is 6.20 Å². The van der Waals surface area contributed by atoms with Gasteiger partial charge in [0.05, 0.1) is 0 Å². The van der Waals surface area contributed by atoms with Gasteiger partial charge in [-0.05, 0) is 0 Å². The maximum atomic E-state index is 12.8. The average molecular weight is 211 g/mol. The molecule has 0 aliphatic carbocycles. The molecule has 1 heterocycles. The maximum absolute atomic E-state index is 12.8. The van der Waals surface area contributed by atoms with Crippen LogP contribution in [0.3, 0.4) is 0 Å². The van der Waals surface area contributed by atoms with Gasteiger partial charge in [0, 0.05) is 23.2 Å². The van der Waals surface area contributed by atoms with E-state index in [2.05, 4.69) is 4.98 Å². The van der Waals surface area contributed by atoms with E-state index in [1.807, 2.05) is 0 Å². The molecule has 72 valence electrons. The average Bonchev–Trinajstić information content (AvgIpc) is 2.15. The number of hydrogen-bond donors (Lipinski definition) is 0. The third kappa shape index (κ3) is 1.46. The molecule has 0 fully saturated rings. The van der Waals surface area contributed by atoms with Crippen LogP contribution in [-0.4, -0.2) is 13.4 Å². The minimum absolute atomic E-state index is 0.352. The van der Waals surface area contributed by atoms with E-state index in [1.54, 1.807) is 24.3 Å². The zero-order valence-corrected chi connectivity index (χ0v) is 7.83. The van der Waals surface area contributed by atoms with Gasteiger partial charge in [0.15, 0.2) is 0 Å². The molecular weight excluding hydrogens is 205 g/mol. The van der Waals surface area contributed by atoms with Crippen LogP contribution in [0, 0.1) is 0 Å². The van der Waals surface area contributed by atoms with Crippen LogP contribution in [0.1, 0.15) is 0 Å². The Kier molecular flexibility index (Phi) is 1.96. The molecule has 0 aliphatic rings. The van der Waals surface area contributed by atoms with Gasteiger partial charge < -0.3 is 0 Å². The van der Waals surface area contributed by atoms with Gasteiger partial charge in [-0.2, -0.15) is 8.42 Å². The van der Waals surface area contributed by atoms with Crippen molar-refractivity contribution in [3.05, 3.63) is 36.7 Å². The van der Waals surface area contributed by atoms with Gasteiger partial charge in [0.1, 0.15) is 4.90 Å². The number of rotatable bonds is 1. The van der Waals surface area contributed by atoms with E-state index in [0.29, 0.717) is 10.8 Å². The fourth-order valence-corrected chi connectivity index (χ4v) is 1.92. The lowest BCUT2D eigenvalue weighted by Gasteiger charge is -2.00. The summed E-state index contributed by atoms with van der Waals surface area (Å²) < 4.78 is 34.3. The van der Waals surface area contributed by atoms with Crippen molar-refractivity contribution in [2.75, 3.05) is 0 Å². The largest absolute Gasteiger partial charge is 0.334 e. The quantitative estimate of drug-likeness (QED) is 0.677. The SMILES string of the molecule is O=S(=O)(F)c1cncc2ccccc12. The number of fused-ring (bicyclic) bond motifs is 1. The Balaban J connectivity index is 2.92. The third-order valence-electron chi connectivity index (χ3n) is 1.89. The van der Waals surface area contributed by atoms with Gasteiger partial charge in [-0.25, -0.2) is 0 Å². The molecule has 0 radical (unpaired) electrons. The zero-order valence-electron chi connectivity index (χ0n) is 7.01. The predicted molar refractivity (Wildman–Crippen MR) is 50.0 cm³/mol. The second-order valence-corrected chi connectivity index (χ2v) is 4.11. The maximum Gasteiger partial charge on any atom is 0.334 e. The summed E-state index contributed by atoms with van der Waals surface area (Å²) in [5, 5.41) is 0.955. The van der Waals surface area contributed by atoms with Gasteiger partial charge in [-0.3, -0.25) is 4.98 Å². The summed E-state index contributed by atoms with van der Waals surface area (Å²) >= 11 is 0. The van der Waals surface area contributed by atoms with Crippen molar-refractivity contribution >= 4 is 21.0 Å². The monoisotopic (exact) mass is 211 g/mol. The molecule has 0 saturated heterocycles. The molecule has 1 aromatic heterocycles. The first-order valence-electron chi connectivity index (χ1n) is 3.86. The van der Waals surface area contributed by atoms with E-state index in [0.717, 1.165) is 6.20 Å². The fourth-order valence-electron chi connectivity index (χ4n) is 1.28. The highest BCUT2D eigenvalue weighted by Gasteiger charge is 2.15. The van der Waals surface area contributed by atoms with Crippen molar-refractivity contribution in [2.24, 2.45) is 0 Å². The molecule has 1 aromatic carbocycles. The Hall–Kier alpha value is -1.49. The Morgan fingerprint density at radius 2 is 1.86 bits per heavy atom. The number of benzene rings is 1. The zero-order chi connectivity index (χ0) is 10.2. The van der Waals surface area contributed by atoms with Crippen molar-refractivity contribution in [2.45, 2.75) is 4.90 Å². The van der Waals surface area contributed by atoms with Gasteiger partial charge in [-0.1, -0.05) is 24.3 Å². The fraction of sp³-hybridized carbons (Fsp3) is 0. The van der Waals surface area contributed by atoms with Crippen LogP contribution in [0.2, 0.25) is 0 Å². The lowest BCUT2D eigenvalue weighted by Crippen LogP contribution is -1.94. The molecule has 0 spiro atoms. The van der Waals surface area contributed by atoms with Crippen LogP contribution >= 0.6 is 0 Å². The summed E-state index contributed by atoms with van der Waals surface area (Å²) in [6.45, 7) is 0. The second-order valence-electron chi connectivity index (χ2n) is 2.80. The third-order valence-corrected chi connectivity index (χ3v) is 2.75. The Morgan fingerprint density at radius 3 is 2.57 bits per heavy atom. The second kappa shape index (κ2) is 3.02. The van der Waals surface area contributed by atoms with E-state index >= 15 is 0 Å². The number of hydrogen-bond acceptors (Lipinski definition) is 3. The summed E-state index contributed by atoms with van der Waals surface area (Å²) in [5.74, 6) is 0. The molecule has 0 saturated carbocycles. The van der Waals surface area contributed by atoms with E-state index in [9.17, 15) is 12.3 Å². The first kappa shape index (κ1) is 9.08. The molecule has 2 aromatic rings. The van der Waals surface area contributed by atoms with E-state index in [-0.39, 0.29) is 4.90 Å². The normalized spacial score (nSPS) is 11.8. The summed E-state index contributed by atoms with van der Waals surface area (Å²) in [5.41, 5.74) is 0. The Labute approximate surface area is 80.4 Å². The van der Waals surface area contributed by atoms with Gasteiger partial charge in [0.25, 0.3) is 0 Å². The molecule has 0 bridgehead atoms. The molecule has 0 N–H and O–H groups in total. The van der Waals surface area contributed by atoms with Crippen molar-refractivity contribution in [3.8, 4) is 0 Å². The van der Waals surface area contributed by atoms with Crippen LogP contribution < -0.4 is 0 Å². The highest BCUT2D eigenvalue weighted by Crippen LogP contribution is 2.22. The molecule has 0 amide bonds. The van der Waals surface area contributed by atoms with E-state index < -0.39 is 10.2 Å². The molecule has 14 heavy (non-hydrogen) atoms. The summed E-state index contributed by atoms with van der Waals surface area (Å²) in [7, 11) is -4.69. The lowest BCUT2D eigenvalue weighted by molar-refractivity contribution is 0.553. The van der Waals surface area contributed by atoms with Crippen molar-refractivity contribution < 1.29 is 12.3 Å². The molecule has 2 rings (SSSR count). The van der Waals surface area contributed by atoms with Crippen molar-refractivity contribution in [1.29, 1.82) is 0 Å².